The molecule has 128 valence electrons. The van der Waals surface area contributed by atoms with Crippen LogP contribution in [0.1, 0.15) is 56.8 Å². The van der Waals surface area contributed by atoms with Crippen LogP contribution in [0, 0.1) is 5.92 Å². The van der Waals surface area contributed by atoms with E-state index in [1.54, 1.807) is 24.3 Å². The maximum atomic E-state index is 12.2. The van der Waals surface area contributed by atoms with Crippen LogP contribution < -0.4 is 15.8 Å². The van der Waals surface area contributed by atoms with Gasteiger partial charge >= 0.3 is 0 Å². The first-order chi connectivity index (χ1) is 11.0. The summed E-state index contributed by atoms with van der Waals surface area (Å²) in [6, 6.07) is 6.27. The molecule has 0 aliphatic rings. The van der Waals surface area contributed by atoms with E-state index in [1.165, 1.54) is 0 Å². The molecular weight excluding hydrogens is 292 g/mol. The molecule has 0 saturated carbocycles. The van der Waals surface area contributed by atoms with Crippen molar-refractivity contribution in [3.63, 3.8) is 0 Å². The molecule has 0 aromatic heterocycles. The summed E-state index contributed by atoms with van der Waals surface area (Å²) in [4.78, 5) is 23.7. The second-order valence-corrected chi connectivity index (χ2v) is 5.82. The van der Waals surface area contributed by atoms with Crippen LogP contribution in [0.25, 0.3) is 0 Å². The summed E-state index contributed by atoms with van der Waals surface area (Å²) in [5.41, 5.74) is 5.86. The number of hydrogen-bond donors (Lipinski definition) is 2. The molecule has 2 amide bonds. The summed E-state index contributed by atoms with van der Waals surface area (Å²) in [5.74, 6) is -0.0705. The van der Waals surface area contributed by atoms with E-state index in [-0.39, 0.29) is 11.8 Å². The summed E-state index contributed by atoms with van der Waals surface area (Å²) in [6.07, 6.45) is 4.08. The predicted molar refractivity (Wildman–Crippen MR) is 91.4 cm³/mol. The molecule has 1 rings (SSSR count). The lowest BCUT2D eigenvalue weighted by Crippen LogP contribution is -2.48. The van der Waals surface area contributed by atoms with Gasteiger partial charge in [0.25, 0.3) is 5.91 Å². The fraction of sp³-hybridized carbons (Fsp3) is 0.556. The number of amides is 2. The van der Waals surface area contributed by atoms with Crippen molar-refractivity contribution in [3.05, 3.63) is 29.8 Å². The van der Waals surface area contributed by atoms with Crippen LogP contribution in [-0.4, -0.2) is 24.5 Å². The highest BCUT2D eigenvalue weighted by Crippen LogP contribution is 2.14. The van der Waals surface area contributed by atoms with Crippen molar-refractivity contribution >= 4 is 11.8 Å². The Labute approximate surface area is 138 Å². The topological polar surface area (TPSA) is 81.4 Å². The average Bonchev–Trinajstić information content (AvgIpc) is 2.56. The SMILES string of the molecule is CCCCCOc1ccc(C(=O)NC(C(N)=O)C(C)CC)cc1. The highest BCUT2D eigenvalue weighted by Gasteiger charge is 2.23. The van der Waals surface area contributed by atoms with Crippen molar-refractivity contribution in [1.82, 2.24) is 5.32 Å². The molecule has 0 radical (unpaired) electrons. The molecule has 2 unspecified atom stereocenters. The summed E-state index contributed by atoms with van der Waals surface area (Å²) in [7, 11) is 0. The zero-order valence-corrected chi connectivity index (χ0v) is 14.3. The van der Waals surface area contributed by atoms with Crippen LogP contribution in [0.15, 0.2) is 24.3 Å². The number of rotatable bonds is 10. The van der Waals surface area contributed by atoms with Crippen molar-refractivity contribution in [2.75, 3.05) is 6.61 Å². The molecule has 0 fully saturated rings. The molecule has 3 N–H and O–H groups in total. The number of hydrogen-bond acceptors (Lipinski definition) is 3. The molecule has 2 atom stereocenters. The van der Waals surface area contributed by atoms with Crippen LogP contribution in [0.5, 0.6) is 5.75 Å². The molecule has 0 saturated heterocycles. The molecule has 0 aliphatic carbocycles. The van der Waals surface area contributed by atoms with Gasteiger partial charge in [-0.3, -0.25) is 9.59 Å². The Kier molecular flexibility index (Phi) is 8.16. The predicted octanol–water partition coefficient (Wildman–Crippen LogP) is 2.89. The first-order valence-corrected chi connectivity index (χ1v) is 8.32. The largest absolute Gasteiger partial charge is 0.494 e. The number of ether oxygens (including phenoxy) is 1. The molecule has 23 heavy (non-hydrogen) atoms. The highest BCUT2D eigenvalue weighted by molar-refractivity contribution is 5.97. The lowest BCUT2D eigenvalue weighted by atomic mass is 9.98. The Bertz CT molecular complexity index is 499. The minimum absolute atomic E-state index is 0.00220. The zero-order valence-electron chi connectivity index (χ0n) is 14.3. The maximum Gasteiger partial charge on any atom is 0.251 e. The molecule has 0 spiro atoms. The molecule has 1 aromatic rings. The summed E-state index contributed by atoms with van der Waals surface area (Å²) in [5, 5.41) is 2.71. The van der Waals surface area contributed by atoms with Gasteiger partial charge in [0, 0.05) is 5.56 Å². The van der Waals surface area contributed by atoms with Gasteiger partial charge in [0.05, 0.1) is 6.61 Å². The fourth-order valence-electron chi connectivity index (χ4n) is 2.20. The van der Waals surface area contributed by atoms with E-state index in [1.807, 2.05) is 13.8 Å². The van der Waals surface area contributed by atoms with Gasteiger partial charge in [-0.1, -0.05) is 40.0 Å². The first-order valence-electron chi connectivity index (χ1n) is 8.32. The summed E-state index contributed by atoms with van der Waals surface area (Å²) in [6.45, 7) is 6.67. The van der Waals surface area contributed by atoms with E-state index < -0.39 is 11.9 Å². The number of primary amides is 1. The molecular formula is C18H28N2O3. The maximum absolute atomic E-state index is 12.2. The van der Waals surface area contributed by atoms with Crippen LogP contribution in [0.4, 0.5) is 0 Å². The van der Waals surface area contributed by atoms with Gasteiger partial charge in [0.15, 0.2) is 0 Å². The molecule has 5 nitrogen and oxygen atoms in total. The van der Waals surface area contributed by atoms with Gasteiger partial charge in [-0.2, -0.15) is 0 Å². The van der Waals surface area contributed by atoms with E-state index in [0.29, 0.717) is 12.2 Å². The first kappa shape index (κ1) is 19.0. The third-order valence-electron chi connectivity index (χ3n) is 3.94. The normalized spacial score (nSPS) is 13.2. The summed E-state index contributed by atoms with van der Waals surface area (Å²) < 4.78 is 5.61. The molecule has 5 heteroatoms. The minimum atomic E-state index is -0.655. The fourth-order valence-corrected chi connectivity index (χ4v) is 2.20. The van der Waals surface area contributed by atoms with Crippen LogP contribution in [-0.2, 0) is 4.79 Å². The lowest BCUT2D eigenvalue weighted by molar-refractivity contribution is -0.120. The minimum Gasteiger partial charge on any atom is -0.494 e. The second-order valence-electron chi connectivity index (χ2n) is 5.82. The molecule has 0 aliphatic heterocycles. The number of benzene rings is 1. The quantitative estimate of drug-likeness (QED) is 0.650. The average molecular weight is 320 g/mol. The van der Waals surface area contributed by atoms with E-state index in [4.69, 9.17) is 10.5 Å². The van der Waals surface area contributed by atoms with Gasteiger partial charge < -0.3 is 15.8 Å². The van der Waals surface area contributed by atoms with Crippen molar-refractivity contribution in [3.8, 4) is 5.75 Å². The lowest BCUT2D eigenvalue weighted by Gasteiger charge is -2.21. The number of nitrogens with one attached hydrogen (secondary N) is 1. The highest BCUT2D eigenvalue weighted by atomic mass is 16.5. The zero-order chi connectivity index (χ0) is 17.2. The van der Waals surface area contributed by atoms with Gasteiger partial charge in [-0.05, 0) is 36.6 Å². The van der Waals surface area contributed by atoms with Crippen molar-refractivity contribution in [2.45, 2.75) is 52.5 Å². The Morgan fingerprint density at radius 2 is 1.83 bits per heavy atom. The smallest absolute Gasteiger partial charge is 0.251 e. The van der Waals surface area contributed by atoms with Gasteiger partial charge in [0.1, 0.15) is 11.8 Å². The van der Waals surface area contributed by atoms with Crippen molar-refractivity contribution in [2.24, 2.45) is 11.7 Å². The van der Waals surface area contributed by atoms with E-state index >= 15 is 0 Å². The third-order valence-corrected chi connectivity index (χ3v) is 3.94. The monoisotopic (exact) mass is 320 g/mol. The van der Waals surface area contributed by atoms with Crippen LogP contribution >= 0.6 is 0 Å². The molecule has 1 aromatic carbocycles. The molecule has 0 heterocycles. The molecule has 0 bridgehead atoms. The second kappa shape index (κ2) is 9.87. The summed E-state index contributed by atoms with van der Waals surface area (Å²) >= 11 is 0. The number of nitrogens with two attached hydrogens (primary N) is 1. The number of carbonyl (C=O) groups excluding carboxylic acids is 2. The van der Waals surface area contributed by atoms with Gasteiger partial charge in [0.2, 0.25) is 5.91 Å². The van der Waals surface area contributed by atoms with Crippen molar-refractivity contribution < 1.29 is 14.3 Å². The Morgan fingerprint density at radius 3 is 2.35 bits per heavy atom. The third kappa shape index (κ3) is 6.30. The van der Waals surface area contributed by atoms with Gasteiger partial charge in [-0.25, -0.2) is 0 Å². The van der Waals surface area contributed by atoms with E-state index in [9.17, 15) is 9.59 Å². The van der Waals surface area contributed by atoms with Gasteiger partial charge in [-0.15, -0.1) is 0 Å². The number of unbranched alkanes of at least 4 members (excludes halogenated alkanes) is 2. The number of carbonyl (C=O) groups is 2. The van der Waals surface area contributed by atoms with E-state index in [0.717, 1.165) is 31.4 Å². The van der Waals surface area contributed by atoms with E-state index in [2.05, 4.69) is 12.2 Å². The van der Waals surface area contributed by atoms with Crippen LogP contribution in [0.2, 0.25) is 0 Å². The van der Waals surface area contributed by atoms with Crippen molar-refractivity contribution in [1.29, 1.82) is 0 Å². The Hall–Kier alpha value is -2.04. The van der Waals surface area contributed by atoms with Crippen LogP contribution in [0.3, 0.4) is 0 Å². The Morgan fingerprint density at radius 1 is 1.17 bits per heavy atom. The Balaban J connectivity index is 2.61. The standard InChI is InChI=1S/C18H28N2O3/c1-4-6-7-12-23-15-10-8-14(9-11-15)18(22)20-16(17(19)21)13(3)5-2/h8-11,13,16H,4-7,12H2,1-3H3,(H2,19,21)(H,20,22).